The summed E-state index contributed by atoms with van der Waals surface area (Å²) in [6.07, 6.45) is 4.25. The van der Waals surface area contributed by atoms with E-state index in [4.69, 9.17) is 5.73 Å². The molecule has 4 heteroatoms. The molecule has 0 unspecified atom stereocenters. The fourth-order valence-electron chi connectivity index (χ4n) is 2.30. The highest BCUT2D eigenvalue weighted by Crippen LogP contribution is 2.28. The molecule has 1 aliphatic heterocycles. The molecule has 1 aromatic rings. The first kappa shape index (κ1) is 12.7. The molecule has 1 heterocycles. The van der Waals surface area contributed by atoms with Gasteiger partial charge in [0.05, 0.1) is 11.4 Å². The van der Waals surface area contributed by atoms with Crippen LogP contribution in [0.4, 0.5) is 17.1 Å². The van der Waals surface area contributed by atoms with Crippen molar-refractivity contribution in [2.45, 2.75) is 32.6 Å². The maximum atomic E-state index is 11.3. The lowest BCUT2D eigenvalue weighted by Crippen LogP contribution is -2.30. The van der Waals surface area contributed by atoms with Crippen molar-refractivity contribution in [1.82, 2.24) is 0 Å². The van der Waals surface area contributed by atoms with Crippen molar-refractivity contribution in [2.75, 3.05) is 29.0 Å². The second kappa shape index (κ2) is 5.76. The van der Waals surface area contributed by atoms with Gasteiger partial charge in [0.15, 0.2) is 0 Å². The average molecular weight is 247 g/mol. The second-order valence-electron chi connectivity index (χ2n) is 4.72. The summed E-state index contributed by atoms with van der Waals surface area (Å²) in [6, 6.07) is 5.78. The van der Waals surface area contributed by atoms with Crippen molar-refractivity contribution in [3.8, 4) is 0 Å². The molecule has 1 amide bonds. The van der Waals surface area contributed by atoms with Gasteiger partial charge >= 0.3 is 0 Å². The van der Waals surface area contributed by atoms with E-state index < -0.39 is 0 Å². The van der Waals surface area contributed by atoms with Gasteiger partial charge in [0.2, 0.25) is 5.91 Å². The van der Waals surface area contributed by atoms with Gasteiger partial charge in [-0.05, 0) is 37.5 Å². The molecule has 0 radical (unpaired) electrons. The van der Waals surface area contributed by atoms with E-state index in [0.717, 1.165) is 30.2 Å². The Morgan fingerprint density at radius 3 is 2.67 bits per heavy atom. The zero-order chi connectivity index (χ0) is 13.0. The zero-order valence-corrected chi connectivity index (χ0v) is 10.9. The van der Waals surface area contributed by atoms with E-state index in [-0.39, 0.29) is 5.91 Å². The molecule has 0 spiro atoms. The molecule has 98 valence electrons. The maximum absolute atomic E-state index is 11.3. The number of nitrogen functional groups attached to an aromatic ring is 1. The summed E-state index contributed by atoms with van der Waals surface area (Å²) in [4.78, 5) is 13.6. The maximum Gasteiger partial charge on any atom is 0.224 e. The number of rotatable bonds is 3. The first-order valence-electron chi connectivity index (χ1n) is 6.65. The minimum Gasteiger partial charge on any atom is -0.397 e. The van der Waals surface area contributed by atoms with Crippen molar-refractivity contribution in [2.24, 2.45) is 0 Å². The van der Waals surface area contributed by atoms with Crippen LogP contribution in [0.5, 0.6) is 0 Å². The molecule has 1 aromatic carbocycles. The van der Waals surface area contributed by atoms with Crippen molar-refractivity contribution in [1.29, 1.82) is 0 Å². The molecular weight excluding hydrogens is 226 g/mol. The SMILES string of the molecule is CCC(=O)Nc1ccc(N2CCCCC2)c(N)c1. The quantitative estimate of drug-likeness (QED) is 0.807. The van der Waals surface area contributed by atoms with Crippen LogP contribution in [0.1, 0.15) is 32.6 Å². The Morgan fingerprint density at radius 1 is 1.33 bits per heavy atom. The Morgan fingerprint density at radius 2 is 2.06 bits per heavy atom. The van der Waals surface area contributed by atoms with E-state index in [2.05, 4.69) is 10.2 Å². The summed E-state index contributed by atoms with van der Waals surface area (Å²) in [7, 11) is 0. The van der Waals surface area contributed by atoms with Crippen LogP contribution in [0.25, 0.3) is 0 Å². The normalized spacial score (nSPS) is 15.5. The van der Waals surface area contributed by atoms with E-state index in [1.165, 1.54) is 19.3 Å². The number of piperidine rings is 1. The Labute approximate surface area is 108 Å². The highest BCUT2D eigenvalue weighted by Gasteiger charge is 2.13. The topological polar surface area (TPSA) is 58.4 Å². The molecule has 1 aliphatic rings. The van der Waals surface area contributed by atoms with Gasteiger partial charge in [0.1, 0.15) is 0 Å². The average Bonchev–Trinajstić information content (AvgIpc) is 2.40. The number of carbonyl (C=O) groups is 1. The summed E-state index contributed by atoms with van der Waals surface area (Å²) in [5.74, 6) is 0.0140. The number of benzene rings is 1. The van der Waals surface area contributed by atoms with E-state index in [0.29, 0.717) is 6.42 Å². The van der Waals surface area contributed by atoms with Crippen LogP contribution in [-0.4, -0.2) is 19.0 Å². The predicted octanol–water partition coefficient (Wildman–Crippen LogP) is 2.61. The largest absolute Gasteiger partial charge is 0.397 e. The van der Waals surface area contributed by atoms with Gasteiger partial charge in [0, 0.05) is 25.2 Å². The van der Waals surface area contributed by atoms with Gasteiger partial charge in [-0.15, -0.1) is 0 Å². The molecule has 2 rings (SSSR count). The van der Waals surface area contributed by atoms with E-state index in [1.807, 2.05) is 25.1 Å². The number of nitrogens with two attached hydrogens (primary N) is 1. The van der Waals surface area contributed by atoms with Crippen molar-refractivity contribution in [3.05, 3.63) is 18.2 Å². The van der Waals surface area contributed by atoms with Crippen LogP contribution < -0.4 is 16.0 Å². The summed E-state index contributed by atoms with van der Waals surface area (Å²) in [5, 5.41) is 2.83. The number of nitrogens with zero attached hydrogens (tertiary/aromatic N) is 1. The number of hydrogen-bond donors (Lipinski definition) is 2. The molecular formula is C14H21N3O. The third-order valence-corrected chi connectivity index (χ3v) is 3.33. The molecule has 0 atom stereocenters. The lowest BCUT2D eigenvalue weighted by Gasteiger charge is -2.30. The number of anilines is 3. The van der Waals surface area contributed by atoms with Crippen LogP contribution in [0.2, 0.25) is 0 Å². The monoisotopic (exact) mass is 247 g/mol. The van der Waals surface area contributed by atoms with Crippen LogP contribution in [0.3, 0.4) is 0 Å². The van der Waals surface area contributed by atoms with Crippen LogP contribution in [0, 0.1) is 0 Å². The number of nitrogens with one attached hydrogen (secondary N) is 1. The molecule has 0 bridgehead atoms. The lowest BCUT2D eigenvalue weighted by molar-refractivity contribution is -0.115. The van der Waals surface area contributed by atoms with Crippen molar-refractivity contribution in [3.63, 3.8) is 0 Å². The first-order chi connectivity index (χ1) is 8.70. The van der Waals surface area contributed by atoms with E-state index >= 15 is 0 Å². The molecule has 3 N–H and O–H groups in total. The standard InChI is InChI=1S/C14H21N3O/c1-2-14(18)16-11-6-7-13(12(15)10-11)17-8-4-3-5-9-17/h6-7,10H,2-5,8-9,15H2,1H3,(H,16,18). The lowest BCUT2D eigenvalue weighted by atomic mass is 10.1. The highest BCUT2D eigenvalue weighted by atomic mass is 16.1. The Bertz CT molecular complexity index is 425. The van der Waals surface area contributed by atoms with Crippen molar-refractivity contribution < 1.29 is 4.79 Å². The van der Waals surface area contributed by atoms with Gasteiger partial charge in [-0.25, -0.2) is 0 Å². The summed E-state index contributed by atoms with van der Waals surface area (Å²) < 4.78 is 0. The van der Waals surface area contributed by atoms with Crippen molar-refractivity contribution >= 4 is 23.0 Å². The molecule has 0 aliphatic carbocycles. The van der Waals surface area contributed by atoms with Gasteiger partial charge in [-0.2, -0.15) is 0 Å². The number of amides is 1. The van der Waals surface area contributed by atoms with Crippen LogP contribution in [-0.2, 0) is 4.79 Å². The Balaban J connectivity index is 2.11. The highest BCUT2D eigenvalue weighted by molar-refractivity contribution is 5.91. The molecule has 1 saturated heterocycles. The van der Waals surface area contributed by atoms with Gasteiger partial charge in [0.25, 0.3) is 0 Å². The third kappa shape index (κ3) is 2.94. The molecule has 1 fully saturated rings. The first-order valence-corrected chi connectivity index (χ1v) is 6.65. The third-order valence-electron chi connectivity index (χ3n) is 3.33. The summed E-state index contributed by atoms with van der Waals surface area (Å²) in [5.41, 5.74) is 8.68. The molecule has 18 heavy (non-hydrogen) atoms. The van der Waals surface area contributed by atoms with Gasteiger partial charge in [-0.1, -0.05) is 6.92 Å². The minimum atomic E-state index is 0.0140. The van der Waals surface area contributed by atoms with Crippen LogP contribution >= 0.6 is 0 Å². The number of carbonyl (C=O) groups excluding carboxylic acids is 1. The molecule has 0 aromatic heterocycles. The Kier molecular flexibility index (Phi) is 4.07. The fraction of sp³-hybridized carbons (Fsp3) is 0.500. The van der Waals surface area contributed by atoms with Crippen LogP contribution in [0.15, 0.2) is 18.2 Å². The van der Waals surface area contributed by atoms with E-state index in [9.17, 15) is 4.79 Å². The second-order valence-corrected chi connectivity index (χ2v) is 4.72. The van der Waals surface area contributed by atoms with E-state index in [1.54, 1.807) is 0 Å². The predicted molar refractivity (Wildman–Crippen MR) is 75.8 cm³/mol. The number of hydrogen-bond acceptors (Lipinski definition) is 3. The molecule has 4 nitrogen and oxygen atoms in total. The summed E-state index contributed by atoms with van der Waals surface area (Å²) >= 11 is 0. The van der Waals surface area contributed by atoms with Gasteiger partial charge < -0.3 is 16.0 Å². The van der Waals surface area contributed by atoms with Gasteiger partial charge in [-0.3, -0.25) is 4.79 Å². The smallest absolute Gasteiger partial charge is 0.224 e. The minimum absolute atomic E-state index is 0.0140. The Hall–Kier alpha value is -1.71. The zero-order valence-electron chi connectivity index (χ0n) is 10.9. The molecule has 0 saturated carbocycles. The summed E-state index contributed by atoms with van der Waals surface area (Å²) in [6.45, 7) is 3.98. The fourth-order valence-corrected chi connectivity index (χ4v) is 2.30.